The average Bonchev–Trinajstić information content (AvgIpc) is 2.57. The normalized spacial score (nSPS) is 15.7. The number of rotatable bonds is 2. The summed E-state index contributed by atoms with van der Waals surface area (Å²) in [6.07, 6.45) is 5.42. The lowest BCUT2D eigenvalue weighted by molar-refractivity contribution is 0.0697. The van der Waals surface area contributed by atoms with E-state index < -0.39 is 5.97 Å². The molecule has 1 aromatic rings. The van der Waals surface area contributed by atoms with Crippen molar-refractivity contribution in [2.24, 2.45) is 15.7 Å². The Kier molecular flexibility index (Phi) is 4.73. The van der Waals surface area contributed by atoms with Crippen LogP contribution in [0.2, 0.25) is 0 Å². The minimum Gasteiger partial charge on any atom is -0.478 e. The number of aromatic carboxylic acids is 1. The zero-order valence-electron chi connectivity index (χ0n) is 12.5. The van der Waals surface area contributed by atoms with Crippen LogP contribution in [0.1, 0.15) is 29.8 Å². The van der Waals surface area contributed by atoms with Gasteiger partial charge in [0, 0.05) is 24.5 Å². The van der Waals surface area contributed by atoms with Crippen LogP contribution in [0.3, 0.4) is 0 Å². The van der Waals surface area contributed by atoms with Gasteiger partial charge in [0.15, 0.2) is 11.7 Å². The van der Waals surface area contributed by atoms with E-state index >= 15 is 0 Å². The minimum atomic E-state index is -0.969. The molecule has 0 bridgehead atoms. The molecule has 0 saturated heterocycles. The molecular weight excluding hydrogens is 280 g/mol. The number of amidine groups is 2. The van der Waals surface area contributed by atoms with Crippen molar-refractivity contribution in [2.75, 3.05) is 6.54 Å². The number of carboxylic acids is 1. The molecule has 6 heteroatoms. The predicted octanol–water partition coefficient (Wildman–Crippen LogP) is 2.31. The number of nitrogens with zero attached hydrogens (tertiary/aromatic N) is 3. The van der Waals surface area contributed by atoms with E-state index in [4.69, 9.17) is 10.8 Å². The first-order valence-corrected chi connectivity index (χ1v) is 7.05. The summed E-state index contributed by atoms with van der Waals surface area (Å²) in [5, 5.41) is 9.03. The Hall–Kier alpha value is -2.89. The summed E-state index contributed by atoms with van der Waals surface area (Å²) < 4.78 is 0. The topological polar surface area (TPSA) is 91.3 Å². The van der Waals surface area contributed by atoms with Gasteiger partial charge in [-0.05, 0) is 18.2 Å². The maximum atomic E-state index is 11.0. The standard InChI is InChI=1S/C14H12N4O2.C2H6/c15-12-13-16-5-2-6-18(13)8-11(17-12)9-3-1-4-10(7-9)14(19)20;1-2/h1-5,7-8H,6H2,(H2,15,17)(H,19,20);1-2H3. The van der Waals surface area contributed by atoms with Gasteiger partial charge in [-0.3, -0.25) is 0 Å². The monoisotopic (exact) mass is 298 g/mol. The van der Waals surface area contributed by atoms with E-state index in [0.717, 1.165) is 0 Å². The Balaban J connectivity index is 0.000000847. The molecule has 2 aliphatic rings. The Morgan fingerprint density at radius 2 is 2.14 bits per heavy atom. The van der Waals surface area contributed by atoms with E-state index in [2.05, 4.69) is 9.98 Å². The summed E-state index contributed by atoms with van der Waals surface area (Å²) in [4.78, 5) is 21.4. The number of hydrogen-bond acceptors (Lipinski definition) is 5. The number of fused-ring (bicyclic) bond motifs is 1. The van der Waals surface area contributed by atoms with Gasteiger partial charge >= 0.3 is 5.97 Å². The van der Waals surface area contributed by atoms with E-state index in [1.807, 2.05) is 31.0 Å². The van der Waals surface area contributed by atoms with E-state index in [9.17, 15) is 4.79 Å². The molecule has 0 aromatic heterocycles. The van der Waals surface area contributed by atoms with Gasteiger partial charge in [-0.15, -0.1) is 0 Å². The minimum absolute atomic E-state index is 0.218. The van der Waals surface area contributed by atoms with E-state index in [1.165, 1.54) is 0 Å². The van der Waals surface area contributed by atoms with Crippen LogP contribution in [0, 0.1) is 0 Å². The first-order valence-electron chi connectivity index (χ1n) is 7.05. The molecule has 0 radical (unpaired) electrons. The third kappa shape index (κ3) is 3.06. The molecule has 2 heterocycles. The van der Waals surface area contributed by atoms with E-state index in [1.54, 1.807) is 30.5 Å². The van der Waals surface area contributed by atoms with Gasteiger partial charge in [-0.25, -0.2) is 14.8 Å². The Morgan fingerprint density at radius 1 is 1.36 bits per heavy atom. The van der Waals surface area contributed by atoms with Crippen molar-refractivity contribution in [3.63, 3.8) is 0 Å². The van der Waals surface area contributed by atoms with Crippen LogP contribution >= 0.6 is 0 Å². The molecular formula is C16H18N4O2. The summed E-state index contributed by atoms with van der Waals surface area (Å²) in [5.74, 6) is -0.0263. The highest BCUT2D eigenvalue weighted by atomic mass is 16.4. The molecule has 3 rings (SSSR count). The summed E-state index contributed by atoms with van der Waals surface area (Å²) in [6, 6.07) is 6.60. The Bertz CT molecular complexity index is 702. The highest BCUT2D eigenvalue weighted by molar-refractivity contribution is 6.41. The van der Waals surface area contributed by atoms with Crippen molar-refractivity contribution in [1.82, 2.24) is 4.90 Å². The van der Waals surface area contributed by atoms with Crippen LogP contribution in [-0.2, 0) is 0 Å². The van der Waals surface area contributed by atoms with Crippen molar-refractivity contribution < 1.29 is 9.90 Å². The average molecular weight is 298 g/mol. The van der Waals surface area contributed by atoms with E-state index in [0.29, 0.717) is 29.5 Å². The number of nitrogens with two attached hydrogens (primary N) is 1. The van der Waals surface area contributed by atoms with Crippen LogP contribution < -0.4 is 5.73 Å². The van der Waals surface area contributed by atoms with Crippen molar-refractivity contribution >= 4 is 23.3 Å². The van der Waals surface area contributed by atoms with Crippen LogP contribution in [0.15, 0.2) is 52.7 Å². The zero-order valence-corrected chi connectivity index (χ0v) is 12.5. The van der Waals surface area contributed by atoms with Crippen LogP contribution in [0.5, 0.6) is 0 Å². The van der Waals surface area contributed by atoms with Gasteiger partial charge in [-0.1, -0.05) is 26.0 Å². The number of carbonyl (C=O) groups is 1. The van der Waals surface area contributed by atoms with Crippen molar-refractivity contribution in [2.45, 2.75) is 13.8 Å². The van der Waals surface area contributed by atoms with Crippen LogP contribution in [0.4, 0.5) is 0 Å². The molecule has 114 valence electrons. The smallest absolute Gasteiger partial charge is 0.335 e. The molecule has 0 aliphatic carbocycles. The third-order valence-corrected chi connectivity index (χ3v) is 3.03. The molecule has 22 heavy (non-hydrogen) atoms. The lowest BCUT2D eigenvalue weighted by Gasteiger charge is -2.26. The van der Waals surface area contributed by atoms with Crippen molar-refractivity contribution in [1.29, 1.82) is 0 Å². The van der Waals surface area contributed by atoms with Gasteiger partial charge in [0.2, 0.25) is 0 Å². The summed E-state index contributed by atoms with van der Waals surface area (Å²) in [7, 11) is 0. The van der Waals surface area contributed by atoms with Gasteiger partial charge in [0.1, 0.15) is 0 Å². The number of hydrogen-bond donors (Lipinski definition) is 2. The Morgan fingerprint density at radius 3 is 2.86 bits per heavy atom. The second-order valence-electron chi connectivity index (χ2n) is 4.39. The molecule has 0 amide bonds. The quantitative estimate of drug-likeness (QED) is 0.876. The maximum absolute atomic E-state index is 11.0. The second kappa shape index (κ2) is 6.71. The van der Waals surface area contributed by atoms with Crippen LogP contribution in [0.25, 0.3) is 5.70 Å². The molecule has 6 nitrogen and oxygen atoms in total. The highest BCUT2D eigenvalue weighted by Crippen LogP contribution is 2.22. The molecule has 0 atom stereocenters. The van der Waals surface area contributed by atoms with Crippen molar-refractivity contribution in [3.8, 4) is 0 Å². The number of carboxylic acid groups (broad SMARTS) is 1. The fraction of sp³-hybridized carbons (Fsp3) is 0.188. The fourth-order valence-corrected chi connectivity index (χ4v) is 2.08. The molecule has 2 aliphatic heterocycles. The zero-order chi connectivity index (χ0) is 16.1. The Labute approximate surface area is 129 Å². The highest BCUT2D eigenvalue weighted by Gasteiger charge is 2.21. The van der Waals surface area contributed by atoms with Gasteiger partial charge in [-0.2, -0.15) is 0 Å². The molecule has 3 N–H and O–H groups in total. The second-order valence-corrected chi connectivity index (χ2v) is 4.39. The van der Waals surface area contributed by atoms with Crippen molar-refractivity contribution in [3.05, 3.63) is 53.9 Å². The van der Waals surface area contributed by atoms with Gasteiger partial charge < -0.3 is 15.7 Å². The maximum Gasteiger partial charge on any atom is 0.335 e. The molecule has 0 fully saturated rings. The summed E-state index contributed by atoms with van der Waals surface area (Å²) >= 11 is 0. The lowest BCUT2D eigenvalue weighted by Crippen LogP contribution is -2.41. The van der Waals surface area contributed by atoms with Gasteiger partial charge in [0.05, 0.1) is 11.3 Å². The van der Waals surface area contributed by atoms with Crippen LogP contribution in [-0.4, -0.2) is 34.2 Å². The molecule has 0 spiro atoms. The predicted molar refractivity (Wildman–Crippen MR) is 87.6 cm³/mol. The lowest BCUT2D eigenvalue weighted by atomic mass is 10.1. The molecule has 1 aromatic carbocycles. The molecule has 0 unspecified atom stereocenters. The van der Waals surface area contributed by atoms with Gasteiger partial charge in [0.25, 0.3) is 0 Å². The first kappa shape index (κ1) is 15.5. The summed E-state index contributed by atoms with van der Waals surface area (Å²) in [5.41, 5.74) is 7.45. The first-order chi connectivity index (χ1) is 10.6. The number of benzene rings is 1. The molecule has 0 saturated carbocycles. The third-order valence-electron chi connectivity index (χ3n) is 3.03. The largest absolute Gasteiger partial charge is 0.478 e. The van der Waals surface area contributed by atoms with E-state index in [-0.39, 0.29) is 5.56 Å². The number of aliphatic imine (C=N–C) groups is 2. The summed E-state index contributed by atoms with van der Waals surface area (Å²) in [6.45, 7) is 4.66. The fourth-order valence-electron chi connectivity index (χ4n) is 2.08. The SMILES string of the molecule is CC.NC1=NC(c2cccc(C(=O)O)c2)=CN2CC=CN=C12.